The molecule has 1 amide bonds. The molecule has 1 fully saturated rings. The van der Waals surface area contributed by atoms with Gasteiger partial charge in [-0.3, -0.25) is 19.4 Å². The number of pyridine rings is 2. The van der Waals surface area contributed by atoms with Crippen LogP contribution in [0.3, 0.4) is 0 Å². The van der Waals surface area contributed by atoms with Gasteiger partial charge in [0.1, 0.15) is 11.8 Å². The van der Waals surface area contributed by atoms with E-state index in [4.69, 9.17) is 4.74 Å². The minimum atomic E-state index is -0.441. The lowest BCUT2D eigenvalue weighted by atomic mass is 9.97. The van der Waals surface area contributed by atoms with Crippen LogP contribution in [0, 0.1) is 0 Å². The molecule has 3 aromatic heterocycles. The third-order valence-corrected chi connectivity index (χ3v) is 5.18. The Labute approximate surface area is 174 Å². The lowest BCUT2D eigenvalue weighted by molar-refractivity contribution is -0.0912. The molecule has 9 nitrogen and oxygen atoms in total. The van der Waals surface area contributed by atoms with E-state index in [-0.39, 0.29) is 24.7 Å². The van der Waals surface area contributed by atoms with Crippen molar-refractivity contribution >= 4 is 5.91 Å². The van der Waals surface area contributed by atoms with Crippen molar-refractivity contribution in [2.45, 2.75) is 44.1 Å². The fourth-order valence-electron chi connectivity index (χ4n) is 3.57. The van der Waals surface area contributed by atoms with Gasteiger partial charge in [-0.25, -0.2) is 0 Å². The molecule has 2 N–H and O–H groups in total. The molecule has 9 heteroatoms. The monoisotopic (exact) mass is 408 g/mol. The zero-order valence-corrected chi connectivity index (χ0v) is 16.5. The van der Waals surface area contributed by atoms with Gasteiger partial charge < -0.3 is 15.2 Å². The van der Waals surface area contributed by atoms with Crippen LogP contribution in [0.5, 0.6) is 0 Å². The van der Waals surface area contributed by atoms with E-state index in [0.29, 0.717) is 12.1 Å². The van der Waals surface area contributed by atoms with Crippen LogP contribution in [-0.4, -0.2) is 60.8 Å². The molecule has 4 heterocycles. The topological polar surface area (TPSA) is 115 Å². The number of aliphatic hydroxyl groups excluding tert-OH is 1. The number of rotatable bonds is 7. The van der Waals surface area contributed by atoms with Crippen LogP contribution in [-0.2, 0) is 11.3 Å². The molecule has 3 aromatic rings. The van der Waals surface area contributed by atoms with Gasteiger partial charge in [0.2, 0.25) is 0 Å². The molecule has 0 unspecified atom stereocenters. The number of carbonyl (C=O) groups is 1. The lowest BCUT2D eigenvalue weighted by Crippen LogP contribution is -2.51. The van der Waals surface area contributed by atoms with Crippen molar-refractivity contribution in [2.75, 3.05) is 6.61 Å². The van der Waals surface area contributed by atoms with E-state index >= 15 is 0 Å². The van der Waals surface area contributed by atoms with E-state index in [1.807, 2.05) is 24.4 Å². The molecular formula is C21H24N6O3. The molecule has 0 aromatic carbocycles. The molecule has 0 aliphatic carbocycles. The smallest absolute Gasteiger partial charge is 0.253 e. The van der Waals surface area contributed by atoms with Gasteiger partial charge in [-0.05, 0) is 43.5 Å². The van der Waals surface area contributed by atoms with Crippen LogP contribution in [0.2, 0.25) is 0 Å². The molecule has 156 valence electrons. The van der Waals surface area contributed by atoms with Crippen LogP contribution in [0.15, 0.2) is 55.1 Å². The van der Waals surface area contributed by atoms with Gasteiger partial charge in [0, 0.05) is 25.1 Å². The second-order valence-corrected chi connectivity index (χ2v) is 7.25. The second-order valence-electron chi connectivity index (χ2n) is 7.25. The number of nitrogens with zero attached hydrogens (tertiary/aromatic N) is 5. The number of amides is 1. The lowest BCUT2D eigenvalue weighted by Gasteiger charge is -2.36. The van der Waals surface area contributed by atoms with E-state index in [2.05, 4.69) is 25.6 Å². The summed E-state index contributed by atoms with van der Waals surface area (Å²) in [5.74, 6) is -0.210. The fourth-order valence-corrected chi connectivity index (χ4v) is 3.57. The van der Waals surface area contributed by atoms with Gasteiger partial charge in [-0.15, -0.1) is 5.10 Å². The standard InChI is InChI=1S/C21H24N6O3/c28-14-20-18(24-21(29)15-4-3-9-22-12-15)7-6-16(30-20)8-11-27-13-19(25-26-27)17-5-1-2-10-23-17/h1-5,9-10,12-13,16,18,20,28H,6-8,11,14H2,(H,24,29)/t16-,18+,20-/m0/s1. The predicted molar refractivity (Wildman–Crippen MR) is 108 cm³/mol. The maximum Gasteiger partial charge on any atom is 0.253 e. The molecule has 0 radical (unpaired) electrons. The minimum absolute atomic E-state index is 0.0174. The Bertz CT molecular complexity index is 950. The SMILES string of the molecule is O=C(N[C@@H]1CC[C@@H](CCn2cc(-c3ccccn3)nn2)O[C@H]1CO)c1cccnc1. The van der Waals surface area contributed by atoms with Crippen LogP contribution in [0.4, 0.5) is 0 Å². The Kier molecular flexibility index (Phi) is 6.41. The van der Waals surface area contributed by atoms with Crippen molar-refractivity contribution in [3.63, 3.8) is 0 Å². The first kappa shape index (κ1) is 20.1. The molecule has 1 aliphatic rings. The third kappa shape index (κ3) is 4.87. The zero-order valence-electron chi connectivity index (χ0n) is 16.5. The van der Waals surface area contributed by atoms with E-state index < -0.39 is 6.10 Å². The summed E-state index contributed by atoms with van der Waals surface area (Å²) in [7, 11) is 0. The van der Waals surface area contributed by atoms with Gasteiger partial charge in [0.25, 0.3) is 5.91 Å². The summed E-state index contributed by atoms with van der Waals surface area (Å²) < 4.78 is 7.82. The van der Waals surface area contributed by atoms with Gasteiger partial charge in [-0.2, -0.15) is 0 Å². The number of aliphatic hydroxyl groups is 1. The van der Waals surface area contributed by atoms with Crippen molar-refractivity contribution in [3.8, 4) is 11.4 Å². The van der Waals surface area contributed by atoms with Crippen molar-refractivity contribution in [2.24, 2.45) is 0 Å². The molecule has 0 bridgehead atoms. The van der Waals surface area contributed by atoms with Crippen molar-refractivity contribution < 1.29 is 14.6 Å². The maximum atomic E-state index is 12.4. The average Bonchev–Trinajstić information content (AvgIpc) is 3.28. The Morgan fingerprint density at radius 3 is 2.90 bits per heavy atom. The van der Waals surface area contributed by atoms with E-state index in [0.717, 1.165) is 30.7 Å². The Hall–Kier alpha value is -3.17. The van der Waals surface area contributed by atoms with Gasteiger partial charge >= 0.3 is 0 Å². The molecular weight excluding hydrogens is 384 g/mol. The first-order valence-electron chi connectivity index (χ1n) is 10.0. The minimum Gasteiger partial charge on any atom is -0.394 e. The average molecular weight is 408 g/mol. The zero-order chi connectivity index (χ0) is 20.8. The number of carbonyl (C=O) groups excluding carboxylic acids is 1. The number of aromatic nitrogens is 5. The van der Waals surface area contributed by atoms with Crippen molar-refractivity contribution in [1.29, 1.82) is 0 Å². The fraction of sp³-hybridized carbons (Fsp3) is 0.381. The van der Waals surface area contributed by atoms with Gasteiger partial charge in [0.05, 0.1) is 36.2 Å². The highest BCUT2D eigenvalue weighted by Crippen LogP contribution is 2.23. The van der Waals surface area contributed by atoms with Crippen LogP contribution in [0.1, 0.15) is 29.6 Å². The van der Waals surface area contributed by atoms with Gasteiger partial charge in [-0.1, -0.05) is 11.3 Å². The van der Waals surface area contributed by atoms with Crippen LogP contribution in [0.25, 0.3) is 11.4 Å². The van der Waals surface area contributed by atoms with Crippen molar-refractivity contribution in [1.82, 2.24) is 30.3 Å². The Morgan fingerprint density at radius 2 is 2.13 bits per heavy atom. The first-order chi connectivity index (χ1) is 14.7. The molecule has 30 heavy (non-hydrogen) atoms. The summed E-state index contributed by atoms with van der Waals surface area (Å²) in [6.07, 6.45) is 8.54. The van der Waals surface area contributed by atoms with E-state index in [1.165, 1.54) is 6.20 Å². The van der Waals surface area contributed by atoms with Crippen molar-refractivity contribution in [3.05, 3.63) is 60.7 Å². The summed E-state index contributed by atoms with van der Waals surface area (Å²) in [6.45, 7) is 0.497. The highest BCUT2D eigenvalue weighted by Gasteiger charge is 2.32. The highest BCUT2D eigenvalue weighted by atomic mass is 16.5. The summed E-state index contributed by atoms with van der Waals surface area (Å²) in [5, 5.41) is 21.0. The molecule has 3 atom stereocenters. The Balaban J connectivity index is 1.29. The van der Waals surface area contributed by atoms with E-state index in [9.17, 15) is 9.90 Å². The molecule has 1 aliphatic heterocycles. The van der Waals surface area contributed by atoms with Gasteiger partial charge in [0.15, 0.2) is 0 Å². The molecule has 4 rings (SSSR count). The number of aryl methyl sites for hydroxylation is 1. The summed E-state index contributed by atoms with van der Waals surface area (Å²) in [5.41, 5.74) is 2.00. The predicted octanol–water partition coefficient (Wildman–Crippen LogP) is 1.46. The summed E-state index contributed by atoms with van der Waals surface area (Å²) >= 11 is 0. The largest absolute Gasteiger partial charge is 0.394 e. The normalized spacial score (nSPS) is 21.3. The third-order valence-electron chi connectivity index (χ3n) is 5.18. The van der Waals surface area contributed by atoms with Crippen LogP contribution >= 0.6 is 0 Å². The van der Waals surface area contributed by atoms with Crippen LogP contribution < -0.4 is 5.32 Å². The number of ether oxygens (including phenoxy) is 1. The summed E-state index contributed by atoms with van der Waals surface area (Å²) in [4.78, 5) is 20.6. The second kappa shape index (κ2) is 9.55. The summed E-state index contributed by atoms with van der Waals surface area (Å²) in [6, 6.07) is 8.86. The quantitative estimate of drug-likeness (QED) is 0.608. The Morgan fingerprint density at radius 1 is 1.20 bits per heavy atom. The highest BCUT2D eigenvalue weighted by molar-refractivity contribution is 5.94. The molecule has 1 saturated heterocycles. The molecule has 0 spiro atoms. The number of hydrogen-bond donors (Lipinski definition) is 2. The number of nitrogens with one attached hydrogen (secondary N) is 1. The van der Waals surface area contributed by atoms with E-state index in [1.54, 1.807) is 29.2 Å². The maximum absolute atomic E-state index is 12.4. The number of hydrogen-bond acceptors (Lipinski definition) is 7. The first-order valence-corrected chi connectivity index (χ1v) is 10.0. The molecule has 0 saturated carbocycles.